The van der Waals surface area contributed by atoms with Crippen LogP contribution in [-0.2, 0) is 24.2 Å². The zero-order valence-corrected chi connectivity index (χ0v) is 22.2. The molecule has 5 rings (SSSR count). The average Bonchev–Trinajstić information content (AvgIpc) is 2.97. The maximum absolute atomic E-state index is 14.1. The molecule has 39 heavy (non-hydrogen) atoms. The highest BCUT2D eigenvalue weighted by molar-refractivity contribution is 5.89. The molecule has 0 bridgehead atoms. The van der Waals surface area contributed by atoms with Crippen LogP contribution in [0.1, 0.15) is 52.7 Å². The first kappa shape index (κ1) is 26.4. The number of hydrogen-bond acceptors (Lipinski definition) is 2. The number of amides is 1. The van der Waals surface area contributed by atoms with E-state index in [1.807, 2.05) is 48.5 Å². The van der Waals surface area contributed by atoms with Crippen LogP contribution >= 0.6 is 0 Å². The van der Waals surface area contributed by atoms with E-state index in [4.69, 9.17) is 0 Å². The molecule has 0 aromatic heterocycles. The Bertz CT molecular complexity index is 1400. The maximum atomic E-state index is 14.1. The Morgan fingerprint density at radius 3 is 2.03 bits per heavy atom. The summed E-state index contributed by atoms with van der Waals surface area (Å²) in [5.74, 6) is -0.378. The molecule has 4 aromatic carbocycles. The van der Waals surface area contributed by atoms with Crippen molar-refractivity contribution in [3.8, 4) is 11.1 Å². The first-order chi connectivity index (χ1) is 19.1. The van der Waals surface area contributed by atoms with Gasteiger partial charge in [0.25, 0.3) is 0 Å². The molecule has 1 N–H and O–H groups in total. The van der Waals surface area contributed by atoms with E-state index in [0.29, 0.717) is 18.9 Å². The van der Waals surface area contributed by atoms with Gasteiger partial charge in [0.2, 0.25) is 5.91 Å². The summed E-state index contributed by atoms with van der Waals surface area (Å²) < 4.78 is 0. The molecule has 4 nitrogen and oxygen atoms in total. The van der Waals surface area contributed by atoms with Crippen LogP contribution in [0.2, 0.25) is 0 Å². The van der Waals surface area contributed by atoms with E-state index in [9.17, 15) is 14.7 Å². The van der Waals surface area contributed by atoms with Crippen molar-refractivity contribution >= 4 is 11.9 Å². The highest BCUT2D eigenvalue weighted by atomic mass is 16.4. The average molecular weight is 518 g/mol. The lowest BCUT2D eigenvalue weighted by molar-refractivity contribution is -0.135. The van der Waals surface area contributed by atoms with Gasteiger partial charge in [0, 0.05) is 12.6 Å². The molecule has 1 fully saturated rings. The molecule has 0 heterocycles. The lowest BCUT2D eigenvalue weighted by Crippen LogP contribution is -2.46. The van der Waals surface area contributed by atoms with Crippen LogP contribution in [-0.4, -0.2) is 27.9 Å². The van der Waals surface area contributed by atoms with Crippen molar-refractivity contribution in [3.05, 3.63) is 131 Å². The summed E-state index contributed by atoms with van der Waals surface area (Å²) >= 11 is 0. The predicted octanol–water partition coefficient (Wildman–Crippen LogP) is 7.42. The molecular formula is C35H35NO3. The fraction of sp³-hybridized carbons (Fsp3) is 0.257. The second-order valence-electron chi connectivity index (χ2n) is 10.6. The number of carboxylic acids is 1. The van der Waals surface area contributed by atoms with Crippen molar-refractivity contribution in [2.45, 2.75) is 51.1 Å². The summed E-state index contributed by atoms with van der Waals surface area (Å²) in [5, 5.41) is 9.40. The SMILES string of the molecule is O=C(O)c1cccc(-c2cccc(CC(=O)N(Cc3ccccc3)C3CCCCC3Cc3ccccc3)c2)c1. The molecule has 1 saturated carbocycles. The van der Waals surface area contributed by atoms with Gasteiger partial charge in [-0.1, -0.05) is 110 Å². The normalized spacial score (nSPS) is 16.9. The topological polar surface area (TPSA) is 57.6 Å². The third-order valence-electron chi connectivity index (χ3n) is 7.85. The quantitative estimate of drug-likeness (QED) is 0.251. The van der Waals surface area contributed by atoms with Gasteiger partial charge >= 0.3 is 5.97 Å². The number of rotatable bonds is 9. The monoisotopic (exact) mass is 517 g/mol. The van der Waals surface area contributed by atoms with Crippen LogP contribution in [0.15, 0.2) is 109 Å². The van der Waals surface area contributed by atoms with Crippen LogP contribution in [0.4, 0.5) is 0 Å². The largest absolute Gasteiger partial charge is 0.478 e. The molecule has 2 atom stereocenters. The van der Waals surface area contributed by atoms with Crippen LogP contribution in [0.25, 0.3) is 11.1 Å². The third kappa shape index (κ3) is 6.83. The molecule has 2 unspecified atom stereocenters. The first-order valence-electron chi connectivity index (χ1n) is 13.9. The number of benzene rings is 4. The van der Waals surface area contributed by atoms with Gasteiger partial charge in [0.1, 0.15) is 0 Å². The van der Waals surface area contributed by atoms with Crippen molar-refractivity contribution in [1.82, 2.24) is 4.90 Å². The van der Waals surface area contributed by atoms with Crippen LogP contribution < -0.4 is 0 Å². The van der Waals surface area contributed by atoms with Crippen LogP contribution in [0.5, 0.6) is 0 Å². The minimum absolute atomic E-state index is 0.139. The molecule has 1 amide bonds. The zero-order valence-electron chi connectivity index (χ0n) is 22.2. The summed E-state index contributed by atoms with van der Waals surface area (Å²) in [5.41, 5.74) is 5.42. The van der Waals surface area contributed by atoms with Gasteiger partial charge in [0.15, 0.2) is 0 Å². The highest BCUT2D eigenvalue weighted by Crippen LogP contribution is 2.33. The number of carbonyl (C=O) groups is 2. The Kier molecular flexibility index (Phi) is 8.52. The zero-order chi connectivity index (χ0) is 27.0. The number of carboxylic acid groups (broad SMARTS) is 1. The van der Waals surface area contributed by atoms with E-state index in [1.54, 1.807) is 18.2 Å². The summed E-state index contributed by atoms with van der Waals surface area (Å²) in [4.78, 5) is 27.7. The van der Waals surface area contributed by atoms with E-state index < -0.39 is 5.97 Å². The van der Waals surface area contributed by atoms with Gasteiger partial charge in [0.05, 0.1) is 12.0 Å². The molecule has 198 valence electrons. The van der Waals surface area contributed by atoms with E-state index in [0.717, 1.165) is 47.9 Å². The van der Waals surface area contributed by atoms with Crippen LogP contribution in [0.3, 0.4) is 0 Å². The summed E-state index contributed by atoms with van der Waals surface area (Å²) in [6.07, 6.45) is 5.81. The second kappa shape index (κ2) is 12.6. The molecule has 0 aliphatic heterocycles. The second-order valence-corrected chi connectivity index (χ2v) is 10.6. The highest BCUT2D eigenvalue weighted by Gasteiger charge is 2.33. The number of aromatic carboxylic acids is 1. The minimum atomic E-state index is -0.947. The standard InChI is InChI=1S/C35H35NO3/c37-34(23-28-15-9-17-29(22-28)30-18-10-19-32(24-30)35(38)39)36(25-27-13-5-2-6-14-27)33-20-8-7-16-31(33)21-26-11-3-1-4-12-26/h1-6,9-15,17-19,22,24,31,33H,7-8,16,20-21,23,25H2,(H,38,39). The van der Waals surface area contributed by atoms with Gasteiger partial charge in [-0.15, -0.1) is 0 Å². The Morgan fingerprint density at radius 1 is 0.692 bits per heavy atom. The van der Waals surface area contributed by atoms with Crippen molar-refractivity contribution in [2.24, 2.45) is 5.92 Å². The lowest BCUT2D eigenvalue weighted by Gasteiger charge is -2.40. The van der Waals surface area contributed by atoms with Crippen molar-refractivity contribution in [2.75, 3.05) is 0 Å². The molecule has 0 radical (unpaired) electrons. The van der Waals surface area contributed by atoms with Gasteiger partial charge < -0.3 is 10.0 Å². The maximum Gasteiger partial charge on any atom is 0.335 e. The van der Waals surface area contributed by atoms with E-state index in [2.05, 4.69) is 47.4 Å². The van der Waals surface area contributed by atoms with Crippen molar-refractivity contribution in [1.29, 1.82) is 0 Å². The van der Waals surface area contributed by atoms with E-state index in [1.165, 1.54) is 12.0 Å². The Labute approximate surface area is 230 Å². The minimum Gasteiger partial charge on any atom is -0.478 e. The molecule has 0 spiro atoms. The lowest BCUT2D eigenvalue weighted by atomic mass is 9.79. The van der Waals surface area contributed by atoms with Crippen LogP contribution in [0, 0.1) is 5.92 Å². The van der Waals surface area contributed by atoms with E-state index in [-0.39, 0.29) is 17.5 Å². The van der Waals surface area contributed by atoms with Crippen molar-refractivity contribution < 1.29 is 14.7 Å². The van der Waals surface area contributed by atoms with Gasteiger partial charge in [-0.2, -0.15) is 0 Å². The van der Waals surface area contributed by atoms with E-state index >= 15 is 0 Å². The Balaban J connectivity index is 1.40. The summed E-state index contributed by atoms with van der Waals surface area (Å²) in [6.45, 7) is 0.607. The first-order valence-corrected chi connectivity index (χ1v) is 13.9. The van der Waals surface area contributed by atoms with Gasteiger partial charge in [-0.05, 0) is 65.1 Å². The number of carbonyl (C=O) groups excluding carboxylic acids is 1. The van der Waals surface area contributed by atoms with Crippen molar-refractivity contribution in [3.63, 3.8) is 0 Å². The smallest absolute Gasteiger partial charge is 0.335 e. The number of nitrogens with zero attached hydrogens (tertiary/aromatic N) is 1. The molecule has 1 aliphatic rings. The fourth-order valence-corrected chi connectivity index (χ4v) is 5.89. The summed E-state index contributed by atoms with van der Waals surface area (Å²) in [7, 11) is 0. The predicted molar refractivity (Wildman–Crippen MR) is 155 cm³/mol. The Hall–Kier alpha value is -4.18. The molecular weight excluding hydrogens is 482 g/mol. The molecule has 1 aliphatic carbocycles. The third-order valence-corrected chi connectivity index (χ3v) is 7.85. The number of hydrogen-bond donors (Lipinski definition) is 1. The molecule has 0 saturated heterocycles. The molecule has 4 heteroatoms. The van der Waals surface area contributed by atoms with Gasteiger partial charge in [-0.25, -0.2) is 4.79 Å². The Morgan fingerprint density at radius 2 is 1.31 bits per heavy atom. The molecule has 4 aromatic rings. The summed E-state index contributed by atoms with van der Waals surface area (Å²) in [6, 6.07) is 36.0. The fourth-order valence-electron chi connectivity index (χ4n) is 5.89. The van der Waals surface area contributed by atoms with Gasteiger partial charge in [-0.3, -0.25) is 4.79 Å².